The molecule has 2 aromatic rings. The molecule has 0 aliphatic carbocycles. The Morgan fingerprint density at radius 1 is 1.47 bits per heavy atom. The quantitative estimate of drug-likeness (QED) is 0.904. The van der Waals surface area contributed by atoms with Gasteiger partial charge in [0.25, 0.3) is 5.89 Å². The molecule has 2 N–H and O–H groups in total. The average Bonchev–Trinajstić information content (AvgIpc) is 2.70. The number of thiophene rings is 1. The molecule has 2 aromatic heterocycles. The van der Waals surface area contributed by atoms with Crippen LogP contribution in [0.4, 0.5) is 18.2 Å². The van der Waals surface area contributed by atoms with Gasteiger partial charge in [-0.2, -0.15) is 18.2 Å². The summed E-state index contributed by atoms with van der Waals surface area (Å²) >= 11 is 1.31. The average molecular weight is 263 g/mol. The van der Waals surface area contributed by atoms with Crippen LogP contribution in [0.5, 0.6) is 0 Å². The zero-order valence-corrected chi connectivity index (χ0v) is 9.52. The number of aromatic nitrogens is 2. The maximum absolute atomic E-state index is 12.1. The lowest BCUT2D eigenvalue weighted by molar-refractivity contribution is -0.128. The fourth-order valence-electron chi connectivity index (χ4n) is 1.31. The molecule has 0 fully saturated rings. The van der Waals surface area contributed by atoms with Crippen molar-refractivity contribution in [1.82, 2.24) is 10.1 Å². The summed E-state index contributed by atoms with van der Waals surface area (Å²) in [5.74, 6) is -0.373. The van der Waals surface area contributed by atoms with E-state index in [4.69, 9.17) is 10.3 Å². The summed E-state index contributed by atoms with van der Waals surface area (Å²) in [6.45, 7) is 1.83. The highest BCUT2D eigenvalue weighted by molar-refractivity contribution is 7.16. The molecule has 92 valence electrons. The van der Waals surface area contributed by atoms with Crippen LogP contribution in [0.3, 0.4) is 0 Å². The van der Waals surface area contributed by atoms with E-state index >= 15 is 0 Å². The molecule has 0 aromatic carbocycles. The second kappa shape index (κ2) is 4.02. The van der Waals surface area contributed by atoms with Gasteiger partial charge in [-0.3, -0.25) is 0 Å². The highest BCUT2D eigenvalue weighted by atomic mass is 32.1. The Balaban J connectivity index is 2.27. The molecule has 4 nitrogen and oxygen atoms in total. The Labute approximate surface area is 98.2 Å². The molecule has 0 radical (unpaired) electrons. The van der Waals surface area contributed by atoms with E-state index in [-0.39, 0.29) is 5.89 Å². The highest BCUT2D eigenvalue weighted by Gasteiger charge is 2.31. The molecule has 0 amide bonds. The molecule has 17 heavy (non-hydrogen) atoms. The molecule has 0 spiro atoms. The summed E-state index contributed by atoms with van der Waals surface area (Å²) < 4.78 is 41.0. The van der Waals surface area contributed by atoms with Crippen LogP contribution < -0.4 is 5.73 Å². The first kappa shape index (κ1) is 11.9. The van der Waals surface area contributed by atoms with E-state index in [0.717, 1.165) is 4.88 Å². The van der Waals surface area contributed by atoms with Gasteiger partial charge in [0.1, 0.15) is 6.42 Å². The van der Waals surface area contributed by atoms with E-state index in [2.05, 4.69) is 10.1 Å². The number of hydrogen-bond acceptors (Lipinski definition) is 5. The molecule has 2 heterocycles. The first-order valence-corrected chi connectivity index (χ1v) is 5.42. The van der Waals surface area contributed by atoms with E-state index in [9.17, 15) is 13.2 Å². The van der Waals surface area contributed by atoms with Crippen molar-refractivity contribution in [3.05, 3.63) is 16.8 Å². The maximum Gasteiger partial charge on any atom is 0.396 e. The van der Waals surface area contributed by atoms with Crippen LogP contribution in [0.2, 0.25) is 0 Å². The summed E-state index contributed by atoms with van der Waals surface area (Å²) in [5, 5.41) is 3.72. The van der Waals surface area contributed by atoms with Crippen LogP contribution in [0.1, 0.15) is 10.7 Å². The van der Waals surface area contributed by atoms with E-state index in [1.807, 2.05) is 6.92 Å². The number of aryl methyl sites for hydroxylation is 1. The number of nitrogens with two attached hydrogens (primary N) is 1. The van der Waals surface area contributed by atoms with Gasteiger partial charge in [0.05, 0.1) is 10.6 Å². The Bertz CT molecular complexity index is 532. The maximum atomic E-state index is 12.1. The second-order valence-electron chi connectivity index (χ2n) is 3.44. The molecule has 0 atom stereocenters. The zero-order valence-electron chi connectivity index (χ0n) is 8.71. The Hall–Kier alpha value is -1.57. The molecular formula is C9H8F3N3OS. The zero-order chi connectivity index (χ0) is 12.6. The lowest BCUT2D eigenvalue weighted by Crippen LogP contribution is -2.12. The topological polar surface area (TPSA) is 64.9 Å². The number of rotatable bonds is 2. The Morgan fingerprint density at radius 3 is 2.71 bits per heavy atom. The third-order valence-electron chi connectivity index (χ3n) is 1.94. The SMILES string of the molecule is Cc1cc(-c2nc(CC(F)(F)F)no2)c(N)s1. The van der Waals surface area contributed by atoms with Gasteiger partial charge in [0.15, 0.2) is 5.82 Å². The first-order chi connectivity index (χ1) is 7.85. The van der Waals surface area contributed by atoms with Gasteiger partial charge in [-0.1, -0.05) is 5.16 Å². The molecule has 0 saturated carbocycles. The number of halogens is 3. The number of hydrogen-bond donors (Lipinski definition) is 1. The van der Waals surface area contributed by atoms with E-state index in [1.54, 1.807) is 6.07 Å². The van der Waals surface area contributed by atoms with Gasteiger partial charge >= 0.3 is 6.18 Å². The van der Waals surface area contributed by atoms with Crippen molar-refractivity contribution in [2.24, 2.45) is 0 Å². The van der Waals surface area contributed by atoms with Crippen LogP contribution in [-0.4, -0.2) is 16.3 Å². The van der Waals surface area contributed by atoms with Crippen LogP contribution in [-0.2, 0) is 6.42 Å². The molecule has 0 saturated heterocycles. The van der Waals surface area contributed by atoms with E-state index < -0.39 is 18.4 Å². The lowest BCUT2D eigenvalue weighted by Gasteiger charge is -1.99. The van der Waals surface area contributed by atoms with Crippen molar-refractivity contribution in [1.29, 1.82) is 0 Å². The highest BCUT2D eigenvalue weighted by Crippen LogP contribution is 2.32. The summed E-state index contributed by atoms with van der Waals surface area (Å²) in [6, 6.07) is 1.70. The largest absolute Gasteiger partial charge is 0.396 e. The van der Waals surface area contributed by atoms with E-state index in [1.165, 1.54) is 11.3 Å². The normalized spacial score (nSPS) is 12.0. The Morgan fingerprint density at radius 2 is 2.18 bits per heavy atom. The number of alkyl halides is 3. The molecular weight excluding hydrogens is 255 g/mol. The second-order valence-corrected chi connectivity index (χ2v) is 4.73. The Kier molecular flexibility index (Phi) is 2.82. The molecule has 0 aliphatic rings. The minimum atomic E-state index is -4.35. The molecule has 0 bridgehead atoms. The third kappa shape index (κ3) is 2.76. The van der Waals surface area contributed by atoms with Gasteiger partial charge < -0.3 is 10.3 Å². The predicted molar refractivity (Wildman–Crippen MR) is 56.5 cm³/mol. The third-order valence-corrected chi connectivity index (χ3v) is 2.82. The van der Waals surface area contributed by atoms with Gasteiger partial charge in [-0.15, -0.1) is 11.3 Å². The van der Waals surface area contributed by atoms with E-state index in [0.29, 0.717) is 10.6 Å². The molecule has 8 heteroatoms. The van der Waals surface area contributed by atoms with Crippen molar-refractivity contribution in [2.75, 3.05) is 5.73 Å². The summed E-state index contributed by atoms with van der Waals surface area (Å²) in [6.07, 6.45) is -5.56. The van der Waals surface area contributed by atoms with Gasteiger partial charge in [0, 0.05) is 4.88 Å². The summed E-state index contributed by atoms with van der Waals surface area (Å²) in [4.78, 5) is 4.59. The molecule has 0 aliphatic heterocycles. The molecule has 0 unspecified atom stereocenters. The van der Waals surface area contributed by atoms with Crippen molar-refractivity contribution >= 4 is 16.3 Å². The fraction of sp³-hybridized carbons (Fsp3) is 0.333. The van der Waals surface area contributed by atoms with Crippen LogP contribution in [0, 0.1) is 6.92 Å². The molecule has 2 rings (SSSR count). The monoisotopic (exact) mass is 263 g/mol. The van der Waals surface area contributed by atoms with Crippen molar-refractivity contribution in [3.8, 4) is 11.5 Å². The summed E-state index contributed by atoms with van der Waals surface area (Å²) in [7, 11) is 0. The minimum absolute atomic E-state index is 0.0195. The smallest absolute Gasteiger partial charge is 0.390 e. The van der Waals surface area contributed by atoms with Crippen LogP contribution >= 0.6 is 11.3 Å². The minimum Gasteiger partial charge on any atom is -0.390 e. The van der Waals surface area contributed by atoms with Crippen LogP contribution in [0.15, 0.2) is 10.6 Å². The van der Waals surface area contributed by atoms with Crippen molar-refractivity contribution < 1.29 is 17.7 Å². The van der Waals surface area contributed by atoms with Gasteiger partial charge in [0.2, 0.25) is 0 Å². The van der Waals surface area contributed by atoms with Crippen molar-refractivity contribution in [3.63, 3.8) is 0 Å². The number of nitrogen functional groups attached to an aromatic ring is 1. The lowest BCUT2D eigenvalue weighted by atomic mass is 10.3. The van der Waals surface area contributed by atoms with Gasteiger partial charge in [-0.05, 0) is 13.0 Å². The standard InChI is InChI=1S/C9H8F3N3OS/c1-4-2-5(7(13)17-4)8-14-6(15-16-8)3-9(10,11)12/h2H,3,13H2,1H3. The number of nitrogens with zero attached hydrogens (tertiary/aromatic N) is 2. The number of anilines is 1. The van der Waals surface area contributed by atoms with Crippen molar-refractivity contribution in [2.45, 2.75) is 19.5 Å². The van der Waals surface area contributed by atoms with Gasteiger partial charge in [-0.25, -0.2) is 0 Å². The fourth-order valence-corrected chi connectivity index (χ4v) is 2.09. The van der Waals surface area contributed by atoms with Crippen LogP contribution in [0.25, 0.3) is 11.5 Å². The summed E-state index contributed by atoms with van der Waals surface area (Å²) in [5.41, 5.74) is 6.16. The first-order valence-electron chi connectivity index (χ1n) is 4.61. The predicted octanol–water partition coefficient (Wildman–Crippen LogP) is 2.79.